The number of nitrogens with zero attached hydrogens (tertiary/aromatic N) is 3. The Hall–Kier alpha value is -3.66. The summed E-state index contributed by atoms with van der Waals surface area (Å²) in [6.45, 7) is 0. The summed E-state index contributed by atoms with van der Waals surface area (Å²) in [5, 5.41) is 27.2. The Morgan fingerprint density at radius 3 is 2.55 bits per heavy atom. The van der Waals surface area contributed by atoms with Crippen molar-refractivity contribution in [3.8, 4) is 5.75 Å². The van der Waals surface area contributed by atoms with Crippen LogP contribution in [0.2, 0.25) is 0 Å². The average Bonchev–Trinajstić information content (AvgIpc) is 2.96. The van der Waals surface area contributed by atoms with Gasteiger partial charge in [-0.05, 0) is 29.8 Å². The summed E-state index contributed by atoms with van der Waals surface area (Å²) in [5.41, 5.74) is 6.44. The minimum absolute atomic E-state index is 0.0167. The smallest absolute Gasteiger partial charge is 0.247 e. The highest BCUT2D eigenvalue weighted by Crippen LogP contribution is 2.29. The van der Waals surface area contributed by atoms with Gasteiger partial charge in [0.1, 0.15) is 11.0 Å². The molecule has 3 rings (SSSR count). The fourth-order valence-corrected chi connectivity index (χ4v) is 3.45. The summed E-state index contributed by atoms with van der Waals surface area (Å²) >= 11 is 0.900. The number of amides is 2. The Kier molecular flexibility index (Phi) is 5.93. The Labute approximate surface area is 169 Å². The molecule has 1 atom stereocenters. The number of carboxylic acid groups (broad SMARTS) is 1. The lowest BCUT2D eigenvalue weighted by atomic mass is 10.2. The number of hydrogen-bond acceptors (Lipinski definition) is 8. The van der Waals surface area contributed by atoms with Gasteiger partial charge in [0.25, 0.3) is 0 Å². The van der Waals surface area contributed by atoms with Crippen LogP contribution < -0.4 is 15.7 Å². The minimum Gasteiger partial charge on any atom is -0.545 e. The van der Waals surface area contributed by atoms with Crippen LogP contribution in [0.15, 0.2) is 58.7 Å². The highest BCUT2D eigenvalue weighted by molar-refractivity contribution is 8.14. The van der Waals surface area contributed by atoms with Crippen LogP contribution in [0.4, 0.5) is 5.69 Å². The molecule has 0 saturated carbocycles. The molecule has 1 aliphatic rings. The van der Waals surface area contributed by atoms with Gasteiger partial charge in [-0.1, -0.05) is 36.0 Å². The Bertz CT molecular complexity index is 1020. The lowest BCUT2D eigenvalue weighted by molar-refractivity contribution is -0.255. The molecule has 0 bridgehead atoms. The van der Waals surface area contributed by atoms with E-state index in [0.29, 0.717) is 5.56 Å². The van der Waals surface area contributed by atoms with Crippen molar-refractivity contribution in [2.75, 3.05) is 4.90 Å². The third kappa shape index (κ3) is 4.61. The number of aromatic hydroxyl groups is 1. The van der Waals surface area contributed by atoms with Crippen molar-refractivity contribution in [2.24, 2.45) is 15.9 Å². The zero-order valence-corrected chi connectivity index (χ0v) is 15.7. The van der Waals surface area contributed by atoms with Crippen LogP contribution >= 0.6 is 11.8 Å². The number of benzene rings is 2. The Balaban J connectivity index is 1.67. The number of phenols is 1. The second-order valence-electron chi connectivity index (χ2n) is 5.95. The Morgan fingerprint density at radius 1 is 1.21 bits per heavy atom. The number of para-hydroxylation sites is 1. The second-order valence-corrected chi connectivity index (χ2v) is 7.18. The van der Waals surface area contributed by atoms with Gasteiger partial charge in [-0.25, -0.2) is 4.90 Å². The molecule has 29 heavy (non-hydrogen) atoms. The molecular formula is C19H15N4O5S-. The number of nitrogens with two attached hydrogens (primary N) is 1. The first-order chi connectivity index (χ1) is 13.9. The van der Waals surface area contributed by atoms with E-state index >= 15 is 0 Å². The van der Waals surface area contributed by atoms with E-state index in [2.05, 4.69) is 10.2 Å². The number of hydrogen-bond donors (Lipinski definition) is 2. The van der Waals surface area contributed by atoms with E-state index in [1.807, 2.05) is 0 Å². The van der Waals surface area contributed by atoms with Crippen LogP contribution in [0.3, 0.4) is 0 Å². The highest BCUT2D eigenvalue weighted by atomic mass is 32.2. The Morgan fingerprint density at radius 2 is 1.90 bits per heavy atom. The fourth-order valence-electron chi connectivity index (χ4n) is 2.63. The largest absolute Gasteiger partial charge is 0.545 e. The van der Waals surface area contributed by atoms with Gasteiger partial charge in [-0.3, -0.25) is 9.59 Å². The summed E-state index contributed by atoms with van der Waals surface area (Å²) in [7, 11) is 0. The van der Waals surface area contributed by atoms with Gasteiger partial charge in [0.15, 0.2) is 5.17 Å². The maximum atomic E-state index is 12.6. The molecule has 1 aliphatic heterocycles. The van der Waals surface area contributed by atoms with Gasteiger partial charge in [0, 0.05) is 12.0 Å². The van der Waals surface area contributed by atoms with E-state index in [9.17, 15) is 24.6 Å². The van der Waals surface area contributed by atoms with Crippen molar-refractivity contribution < 1.29 is 24.6 Å². The molecule has 1 saturated heterocycles. The first-order valence-electron chi connectivity index (χ1n) is 8.36. The van der Waals surface area contributed by atoms with Crippen molar-refractivity contribution in [1.29, 1.82) is 0 Å². The van der Waals surface area contributed by atoms with Crippen LogP contribution in [0.25, 0.3) is 0 Å². The number of thioether (sulfide) groups is 1. The standard InChI is InChI=1S/C19H16N4O5S/c20-19(22-21-10-12-3-1-2-4-14(12)24)29-15-9-16(25)23(17(15)26)13-7-5-11(6-8-13)18(27)28/h1-8,10,15,24H,9H2,(H2,20,22)(H,27,28)/p-1/b21-10+/t15-/m1/s1. The van der Waals surface area contributed by atoms with E-state index in [1.54, 1.807) is 18.2 Å². The summed E-state index contributed by atoms with van der Waals surface area (Å²) in [6.07, 6.45) is 1.24. The van der Waals surface area contributed by atoms with Crippen molar-refractivity contribution in [3.05, 3.63) is 59.7 Å². The maximum Gasteiger partial charge on any atom is 0.247 e. The van der Waals surface area contributed by atoms with E-state index in [-0.39, 0.29) is 28.6 Å². The number of phenolic OH excluding ortho intramolecular Hbond substituents is 1. The summed E-state index contributed by atoms with van der Waals surface area (Å²) in [5.74, 6) is -2.23. The van der Waals surface area contributed by atoms with Crippen LogP contribution in [0, 0.1) is 0 Å². The minimum atomic E-state index is -1.35. The molecule has 2 aromatic rings. The molecule has 0 aromatic heterocycles. The van der Waals surface area contributed by atoms with Crippen molar-refractivity contribution in [2.45, 2.75) is 11.7 Å². The molecule has 3 N–H and O–H groups in total. The molecule has 1 heterocycles. The van der Waals surface area contributed by atoms with Gasteiger partial charge in [-0.15, -0.1) is 5.10 Å². The maximum absolute atomic E-state index is 12.6. The SMILES string of the molecule is NC(=N/N=C/c1ccccc1O)S[C@@H]1CC(=O)N(c2ccc(C(=O)[O-])cc2)C1=O. The molecule has 0 spiro atoms. The molecule has 1 fully saturated rings. The highest BCUT2D eigenvalue weighted by Gasteiger charge is 2.40. The van der Waals surface area contributed by atoms with Gasteiger partial charge in [-0.2, -0.15) is 5.10 Å². The lowest BCUT2D eigenvalue weighted by Crippen LogP contribution is -2.32. The van der Waals surface area contributed by atoms with E-state index in [1.165, 1.54) is 36.5 Å². The van der Waals surface area contributed by atoms with E-state index in [0.717, 1.165) is 16.7 Å². The number of carbonyl (C=O) groups is 3. The number of imide groups is 1. The van der Waals surface area contributed by atoms with Crippen molar-refractivity contribution in [1.82, 2.24) is 0 Å². The van der Waals surface area contributed by atoms with Crippen LogP contribution in [-0.4, -0.2) is 39.5 Å². The van der Waals surface area contributed by atoms with Crippen LogP contribution in [0.5, 0.6) is 5.75 Å². The number of amidine groups is 1. The summed E-state index contributed by atoms with van der Waals surface area (Å²) in [4.78, 5) is 36.6. The van der Waals surface area contributed by atoms with Gasteiger partial charge in [0.2, 0.25) is 11.8 Å². The van der Waals surface area contributed by atoms with Gasteiger partial charge in [0.05, 0.1) is 17.9 Å². The number of carbonyl (C=O) groups excluding carboxylic acids is 3. The first kappa shape index (κ1) is 20.1. The molecule has 9 nitrogen and oxygen atoms in total. The third-order valence-corrected chi connectivity index (χ3v) is 5.00. The monoisotopic (exact) mass is 411 g/mol. The molecular weight excluding hydrogens is 396 g/mol. The molecule has 148 valence electrons. The molecule has 2 aromatic carbocycles. The molecule has 0 aliphatic carbocycles. The summed E-state index contributed by atoms with van der Waals surface area (Å²) in [6, 6.07) is 11.8. The van der Waals surface area contributed by atoms with Gasteiger partial charge < -0.3 is 20.7 Å². The van der Waals surface area contributed by atoms with E-state index in [4.69, 9.17) is 5.73 Å². The molecule has 10 heteroatoms. The zero-order valence-electron chi connectivity index (χ0n) is 14.9. The van der Waals surface area contributed by atoms with Crippen LogP contribution in [-0.2, 0) is 9.59 Å². The predicted octanol–water partition coefficient (Wildman–Crippen LogP) is 0.470. The number of anilines is 1. The molecule has 0 unspecified atom stereocenters. The molecule has 0 radical (unpaired) electrons. The average molecular weight is 411 g/mol. The second kappa shape index (κ2) is 8.57. The topological polar surface area (TPSA) is 148 Å². The third-order valence-electron chi connectivity index (χ3n) is 4.02. The number of carboxylic acids is 1. The number of aromatic carboxylic acids is 1. The lowest BCUT2D eigenvalue weighted by Gasteiger charge is -2.15. The fraction of sp³-hybridized carbons (Fsp3) is 0.105. The van der Waals surface area contributed by atoms with Crippen molar-refractivity contribution in [3.63, 3.8) is 0 Å². The van der Waals surface area contributed by atoms with Crippen molar-refractivity contribution >= 4 is 46.6 Å². The van der Waals surface area contributed by atoms with Gasteiger partial charge >= 0.3 is 0 Å². The summed E-state index contributed by atoms with van der Waals surface area (Å²) < 4.78 is 0. The zero-order chi connectivity index (χ0) is 21.0. The predicted molar refractivity (Wildman–Crippen MR) is 107 cm³/mol. The molecule has 2 amide bonds. The van der Waals surface area contributed by atoms with E-state index < -0.39 is 23.0 Å². The first-order valence-corrected chi connectivity index (χ1v) is 9.24. The number of rotatable bonds is 5. The van der Waals surface area contributed by atoms with Crippen LogP contribution in [0.1, 0.15) is 22.3 Å². The normalized spacial score (nSPS) is 17.3. The quantitative estimate of drug-likeness (QED) is 0.314.